The lowest BCUT2D eigenvalue weighted by Crippen LogP contribution is -2.38. The molecular weight excluding hydrogens is 410 g/mol. The van der Waals surface area contributed by atoms with E-state index in [2.05, 4.69) is 80.7 Å². The van der Waals surface area contributed by atoms with Crippen LogP contribution in [0, 0.1) is 6.92 Å². The van der Waals surface area contributed by atoms with Crippen LogP contribution in [0.2, 0.25) is 0 Å². The molecule has 0 fully saturated rings. The molecule has 2 N–H and O–H groups in total. The molecule has 0 aliphatic carbocycles. The van der Waals surface area contributed by atoms with Crippen LogP contribution in [0.25, 0.3) is 5.69 Å². The van der Waals surface area contributed by atoms with Crippen molar-refractivity contribution in [3.05, 3.63) is 102 Å². The second-order valence-electron chi connectivity index (χ2n) is 7.91. The molecule has 0 unspecified atom stereocenters. The normalized spacial score (nSPS) is 11.5. The summed E-state index contributed by atoms with van der Waals surface area (Å²) in [6, 6.07) is 19.0. The molecular formula is C26H31N7. The van der Waals surface area contributed by atoms with E-state index in [1.54, 1.807) is 6.20 Å². The Bertz CT molecular complexity index is 1160. The summed E-state index contributed by atoms with van der Waals surface area (Å²) in [5.41, 5.74) is 4.78. The van der Waals surface area contributed by atoms with Crippen LogP contribution in [0.15, 0.2) is 84.4 Å². The van der Waals surface area contributed by atoms with Crippen molar-refractivity contribution in [1.29, 1.82) is 0 Å². The minimum atomic E-state index is 0.630. The molecule has 0 bridgehead atoms. The standard InChI is InChI=1S/C26H31N7/c1-3-27-26(29-14-12-22-8-10-25(11-9-22)33-16-5-13-31-33)30-19-23-6-4-7-24(18-23)20-32-17-15-28-21(32)2/h4-11,13,15-18H,3,12,14,19-20H2,1-2H3,(H2,27,29,30). The number of aryl methyl sites for hydroxylation is 1. The van der Waals surface area contributed by atoms with Crippen LogP contribution in [-0.2, 0) is 19.5 Å². The van der Waals surface area contributed by atoms with Crippen molar-refractivity contribution in [3.63, 3.8) is 0 Å². The fourth-order valence-electron chi connectivity index (χ4n) is 3.67. The summed E-state index contributed by atoms with van der Waals surface area (Å²) in [5.74, 6) is 1.86. The van der Waals surface area contributed by atoms with Gasteiger partial charge in [0.1, 0.15) is 5.82 Å². The van der Waals surface area contributed by atoms with Crippen molar-refractivity contribution in [1.82, 2.24) is 30.0 Å². The Morgan fingerprint density at radius 1 is 0.939 bits per heavy atom. The molecule has 0 radical (unpaired) electrons. The predicted molar refractivity (Wildman–Crippen MR) is 133 cm³/mol. The highest BCUT2D eigenvalue weighted by Crippen LogP contribution is 2.10. The molecule has 2 aromatic heterocycles. The van der Waals surface area contributed by atoms with Gasteiger partial charge in [-0.25, -0.2) is 14.7 Å². The van der Waals surface area contributed by atoms with Gasteiger partial charge in [0.15, 0.2) is 5.96 Å². The Kier molecular flexibility index (Phi) is 7.53. The monoisotopic (exact) mass is 441 g/mol. The van der Waals surface area contributed by atoms with Gasteiger partial charge in [-0.05, 0) is 55.2 Å². The molecule has 0 saturated carbocycles. The first-order valence-corrected chi connectivity index (χ1v) is 11.4. The van der Waals surface area contributed by atoms with Crippen LogP contribution >= 0.6 is 0 Å². The van der Waals surface area contributed by atoms with Crippen molar-refractivity contribution in [2.75, 3.05) is 13.1 Å². The summed E-state index contributed by atoms with van der Waals surface area (Å²) in [4.78, 5) is 9.08. The Hall–Kier alpha value is -3.87. The van der Waals surface area contributed by atoms with E-state index >= 15 is 0 Å². The zero-order chi connectivity index (χ0) is 22.9. The van der Waals surface area contributed by atoms with Crippen LogP contribution in [0.3, 0.4) is 0 Å². The number of hydrogen-bond acceptors (Lipinski definition) is 3. The predicted octanol–water partition coefficient (Wildman–Crippen LogP) is 3.72. The van der Waals surface area contributed by atoms with Gasteiger partial charge < -0.3 is 15.2 Å². The van der Waals surface area contributed by atoms with E-state index in [-0.39, 0.29) is 0 Å². The van der Waals surface area contributed by atoms with Crippen molar-refractivity contribution in [2.24, 2.45) is 4.99 Å². The molecule has 0 aliphatic heterocycles. The van der Waals surface area contributed by atoms with Crippen LogP contribution in [0.4, 0.5) is 0 Å². The van der Waals surface area contributed by atoms with Gasteiger partial charge in [0.2, 0.25) is 0 Å². The first-order valence-electron chi connectivity index (χ1n) is 11.4. The first-order chi connectivity index (χ1) is 16.2. The average Bonchev–Trinajstić information content (AvgIpc) is 3.51. The molecule has 7 nitrogen and oxygen atoms in total. The highest BCUT2D eigenvalue weighted by Gasteiger charge is 2.03. The highest BCUT2D eigenvalue weighted by molar-refractivity contribution is 5.79. The molecule has 7 heteroatoms. The van der Waals surface area contributed by atoms with Crippen molar-refractivity contribution < 1.29 is 0 Å². The van der Waals surface area contributed by atoms with Gasteiger partial charge in [-0.1, -0.05) is 36.4 Å². The smallest absolute Gasteiger partial charge is 0.191 e. The second-order valence-corrected chi connectivity index (χ2v) is 7.91. The molecule has 2 heterocycles. The summed E-state index contributed by atoms with van der Waals surface area (Å²) in [6.45, 7) is 7.19. The molecule has 0 atom stereocenters. The third kappa shape index (κ3) is 6.32. The summed E-state index contributed by atoms with van der Waals surface area (Å²) in [5, 5.41) is 11.1. The molecule has 0 saturated heterocycles. The van der Waals surface area contributed by atoms with Gasteiger partial charge in [-0.3, -0.25) is 0 Å². The molecule has 4 aromatic rings. The van der Waals surface area contributed by atoms with E-state index in [1.165, 1.54) is 16.7 Å². The number of imidazole rings is 1. The van der Waals surface area contributed by atoms with Crippen molar-refractivity contribution in [2.45, 2.75) is 33.4 Å². The number of guanidine groups is 1. The summed E-state index contributed by atoms with van der Waals surface area (Å²) < 4.78 is 4.01. The first kappa shape index (κ1) is 22.3. The van der Waals surface area contributed by atoms with Gasteiger partial charge in [-0.2, -0.15) is 5.10 Å². The molecule has 0 spiro atoms. The number of nitrogens with zero attached hydrogens (tertiary/aromatic N) is 5. The van der Waals surface area contributed by atoms with Crippen molar-refractivity contribution in [3.8, 4) is 5.69 Å². The number of hydrogen-bond donors (Lipinski definition) is 2. The summed E-state index contributed by atoms with van der Waals surface area (Å²) in [6.07, 6.45) is 8.51. The van der Waals surface area contributed by atoms with Gasteiger partial charge in [0.05, 0.1) is 12.2 Å². The zero-order valence-corrected chi connectivity index (χ0v) is 19.3. The maximum atomic E-state index is 4.78. The van der Waals surface area contributed by atoms with E-state index in [0.717, 1.165) is 43.5 Å². The quantitative estimate of drug-likeness (QED) is 0.307. The number of aliphatic imine (C=N–C) groups is 1. The van der Waals surface area contributed by atoms with E-state index in [4.69, 9.17) is 4.99 Å². The topological polar surface area (TPSA) is 72.1 Å². The Morgan fingerprint density at radius 2 is 1.79 bits per heavy atom. The third-order valence-corrected chi connectivity index (χ3v) is 5.44. The average molecular weight is 442 g/mol. The lowest BCUT2D eigenvalue weighted by atomic mass is 10.1. The Balaban J connectivity index is 1.31. The van der Waals surface area contributed by atoms with Crippen LogP contribution in [0.1, 0.15) is 29.4 Å². The maximum Gasteiger partial charge on any atom is 0.191 e. The SMILES string of the molecule is CCNC(=NCc1cccc(Cn2ccnc2C)c1)NCCc1ccc(-n2cccn2)cc1. The highest BCUT2D eigenvalue weighted by atomic mass is 15.3. The third-order valence-electron chi connectivity index (χ3n) is 5.44. The van der Waals surface area contributed by atoms with E-state index in [9.17, 15) is 0 Å². The van der Waals surface area contributed by atoms with E-state index in [0.29, 0.717) is 6.54 Å². The summed E-state index contributed by atoms with van der Waals surface area (Å²) >= 11 is 0. The molecule has 0 aliphatic rings. The van der Waals surface area contributed by atoms with Crippen LogP contribution < -0.4 is 10.6 Å². The molecule has 170 valence electrons. The fraction of sp³-hybridized carbons (Fsp3) is 0.269. The van der Waals surface area contributed by atoms with Crippen LogP contribution in [-0.4, -0.2) is 38.4 Å². The Morgan fingerprint density at radius 3 is 2.52 bits per heavy atom. The molecule has 4 rings (SSSR count). The maximum absolute atomic E-state index is 4.78. The van der Waals surface area contributed by atoms with Crippen molar-refractivity contribution >= 4 is 5.96 Å². The number of nitrogens with one attached hydrogen (secondary N) is 2. The number of benzene rings is 2. The van der Waals surface area contributed by atoms with Gasteiger partial charge in [0, 0.05) is 44.4 Å². The van der Waals surface area contributed by atoms with Gasteiger partial charge in [0.25, 0.3) is 0 Å². The zero-order valence-electron chi connectivity index (χ0n) is 19.3. The molecule has 33 heavy (non-hydrogen) atoms. The molecule has 0 amide bonds. The van der Waals surface area contributed by atoms with E-state index in [1.807, 2.05) is 36.3 Å². The fourth-order valence-corrected chi connectivity index (χ4v) is 3.67. The Labute approximate surface area is 195 Å². The lowest BCUT2D eigenvalue weighted by Gasteiger charge is -2.12. The second kappa shape index (κ2) is 11.1. The van der Waals surface area contributed by atoms with Gasteiger partial charge in [-0.15, -0.1) is 0 Å². The van der Waals surface area contributed by atoms with E-state index < -0.39 is 0 Å². The van der Waals surface area contributed by atoms with Crippen LogP contribution in [0.5, 0.6) is 0 Å². The van der Waals surface area contributed by atoms with Gasteiger partial charge >= 0.3 is 0 Å². The number of aromatic nitrogens is 4. The minimum Gasteiger partial charge on any atom is -0.357 e. The summed E-state index contributed by atoms with van der Waals surface area (Å²) in [7, 11) is 0. The minimum absolute atomic E-state index is 0.630. The lowest BCUT2D eigenvalue weighted by molar-refractivity contribution is 0.760. The number of rotatable bonds is 9. The largest absolute Gasteiger partial charge is 0.357 e. The molecule has 2 aromatic carbocycles.